The summed E-state index contributed by atoms with van der Waals surface area (Å²) in [5.41, 5.74) is 2.33. The van der Waals surface area contributed by atoms with Gasteiger partial charge in [-0.05, 0) is 26.0 Å². The lowest BCUT2D eigenvalue weighted by atomic mass is 10.1. The SMILES string of the molecule is Cc1nc(NC(=O)c2cccc3c2OCCN3)sc1C. The molecule has 1 aliphatic heterocycles. The number of nitrogens with zero attached hydrogens (tertiary/aromatic N) is 1. The number of fused-ring (bicyclic) bond motifs is 1. The zero-order valence-corrected chi connectivity index (χ0v) is 12.1. The first-order valence-corrected chi connectivity index (χ1v) is 7.22. The Morgan fingerprint density at radius 3 is 3.05 bits per heavy atom. The number of nitrogens with one attached hydrogen (secondary N) is 2. The molecule has 1 aliphatic rings. The van der Waals surface area contributed by atoms with Crippen LogP contribution < -0.4 is 15.4 Å². The molecule has 104 valence electrons. The summed E-state index contributed by atoms with van der Waals surface area (Å²) < 4.78 is 5.60. The Labute approximate surface area is 121 Å². The first-order chi connectivity index (χ1) is 9.65. The summed E-state index contributed by atoms with van der Waals surface area (Å²) >= 11 is 1.48. The van der Waals surface area contributed by atoms with Crippen LogP contribution in [0, 0.1) is 13.8 Å². The molecule has 6 heteroatoms. The maximum atomic E-state index is 12.4. The lowest BCUT2D eigenvalue weighted by molar-refractivity contribution is 0.102. The van der Waals surface area contributed by atoms with Gasteiger partial charge in [0.05, 0.1) is 16.9 Å². The van der Waals surface area contributed by atoms with Gasteiger partial charge in [0.25, 0.3) is 5.91 Å². The van der Waals surface area contributed by atoms with Gasteiger partial charge in [0.1, 0.15) is 6.61 Å². The number of aryl methyl sites for hydroxylation is 2. The summed E-state index contributed by atoms with van der Waals surface area (Å²) in [5, 5.41) is 6.66. The summed E-state index contributed by atoms with van der Waals surface area (Å²) in [5.74, 6) is 0.417. The molecule has 0 radical (unpaired) electrons. The van der Waals surface area contributed by atoms with E-state index < -0.39 is 0 Å². The Morgan fingerprint density at radius 2 is 2.30 bits per heavy atom. The molecule has 5 nitrogen and oxygen atoms in total. The zero-order valence-electron chi connectivity index (χ0n) is 11.3. The summed E-state index contributed by atoms with van der Waals surface area (Å²) in [6.07, 6.45) is 0. The predicted octanol–water partition coefficient (Wildman–Crippen LogP) is 2.82. The van der Waals surface area contributed by atoms with Crippen LogP contribution in [0.5, 0.6) is 5.75 Å². The molecule has 1 amide bonds. The summed E-state index contributed by atoms with van der Waals surface area (Å²) in [7, 11) is 0. The molecule has 2 heterocycles. The summed E-state index contributed by atoms with van der Waals surface area (Å²) in [6, 6.07) is 5.51. The molecule has 2 aromatic rings. The molecular formula is C14H15N3O2S. The molecule has 1 aromatic heterocycles. The smallest absolute Gasteiger partial charge is 0.261 e. The van der Waals surface area contributed by atoms with Crippen molar-refractivity contribution in [3.63, 3.8) is 0 Å². The van der Waals surface area contributed by atoms with Gasteiger partial charge in [-0.1, -0.05) is 6.07 Å². The highest BCUT2D eigenvalue weighted by Crippen LogP contribution is 2.32. The molecule has 1 aromatic carbocycles. The number of hydrogen-bond acceptors (Lipinski definition) is 5. The Bertz CT molecular complexity index is 647. The minimum absolute atomic E-state index is 0.195. The van der Waals surface area contributed by atoms with E-state index >= 15 is 0 Å². The number of amides is 1. The molecule has 20 heavy (non-hydrogen) atoms. The molecule has 0 bridgehead atoms. The highest BCUT2D eigenvalue weighted by atomic mass is 32.1. The third kappa shape index (κ3) is 2.34. The Hall–Kier alpha value is -2.08. The van der Waals surface area contributed by atoms with Gasteiger partial charge in [-0.25, -0.2) is 4.98 Å². The van der Waals surface area contributed by atoms with Crippen LogP contribution in [-0.2, 0) is 0 Å². The fraction of sp³-hybridized carbons (Fsp3) is 0.286. The zero-order chi connectivity index (χ0) is 14.1. The van der Waals surface area contributed by atoms with Crippen molar-refractivity contribution >= 4 is 28.1 Å². The highest BCUT2D eigenvalue weighted by molar-refractivity contribution is 7.15. The highest BCUT2D eigenvalue weighted by Gasteiger charge is 2.19. The van der Waals surface area contributed by atoms with Gasteiger partial charge in [0.2, 0.25) is 0 Å². The molecule has 0 saturated carbocycles. The van der Waals surface area contributed by atoms with Crippen molar-refractivity contribution in [2.75, 3.05) is 23.8 Å². The minimum Gasteiger partial charge on any atom is -0.489 e. The molecule has 0 fully saturated rings. The van der Waals surface area contributed by atoms with Gasteiger partial charge >= 0.3 is 0 Å². The molecule has 0 unspecified atom stereocenters. The fourth-order valence-electron chi connectivity index (χ4n) is 2.04. The number of aromatic nitrogens is 1. The second-order valence-corrected chi connectivity index (χ2v) is 5.78. The number of rotatable bonds is 2. The number of hydrogen-bond donors (Lipinski definition) is 2. The van der Waals surface area contributed by atoms with Gasteiger partial charge in [-0.3, -0.25) is 10.1 Å². The maximum Gasteiger partial charge on any atom is 0.261 e. The Balaban J connectivity index is 1.87. The van der Waals surface area contributed by atoms with Crippen molar-refractivity contribution in [3.05, 3.63) is 34.3 Å². The van der Waals surface area contributed by atoms with E-state index in [0.717, 1.165) is 22.8 Å². The van der Waals surface area contributed by atoms with Crippen LogP contribution in [0.25, 0.3) is 0 Å². The second-order valence-electron chi connectivity index (χ2n) is 4.57. The quantitative estimate of drug-likeness (QED) is 0.892. The largest absolute Gasteiger partial charge is 0.489 e. The lowest BCUT2D eigenvalue weighted by Gasteiger charge is -2.21. The number of carbonyl (C=O) groups is 1. The average Bonchev–Trinajstić information content (AvgIpc) is 2.76. The maximum absolute atomic E-state index is 12.4. The topological polar surface area (TPSA) is 63.2 Å². The van der Waals surface area contributed by atoms with Gasteiger partial charge in [0, 0.05) is 11.4 Å². The molecule has 0 atom stereocenters. The number of anilines is 2. The van der Waals surface area contributed by atoms with E-state index in [0.29, 0.717) is 23.1 Å². The van der Waals surface area contributed by atoms with Crippen LogP contribution in [0.2, 0.25) is 0 Å². The number of para-hydroxylation sites is 1. The second kappa shape index (κ2) is 5.13. The van der Waals surface area contributed by atoms with Crippen molar-refractivity contribution in [2.45, 2.75) is 13.8 Å². The number of carbonyl (C=O) groups excluding carboxylic acids is 1. The van der Waals surface area contributed by atoms with Crippen LogP contribution in [-0.4, -0.2) is 24.0 Å². The van der Waals surface area contributed by atoms with Crippen molar-refractivity contribution in [1.82, 2.24) is 4.98 Å². The number of ether oxygens (including phenoxy) is 1. The molecular weight excluding hydrogens is 274 g/mol. The average molecular weight is 289 g/mol. The lowest BCUT2D eigenvalue weighted by Crippen LogP contribution is -2.21. The van der Waals surface area contributed by atoms with E-state index in [1.165, 1.54) is 11.3 Å². The van der Waals surface area contributed by atoms with E-state index in [1.54, 1.807) is 6.07 Å². The summed E-state index contributed by atoms with van der Waals surface area (Å²) in [4.78, 5) is 17.8. The van der Waals surface area contributed by atoms with Crippen LogP contribution in [0.4, 0.5) is 10.8 Å². The normalized spacial score (nSPS) is 13.1. The van der Waals surface area contributed by atoms with E-state index in [1.807, 2.05) is 26.0 Å². The Morgan fingerprint density at radius 1 is 1.45 bits per heavy atom. The van der Waals surface area contributed by atoms with Gasteiger partial charge in [-0.2, -0.15) is 0 Å². The first kappa shape index (κ1) is 12.9. The van der Waals surface area contributed by atoms with Crippen molar-refractivity contribution in [1.29, 1.82) is 0 Å². The van der Waals surface area contributed by atoms with Crippen molar-refractivity contribution < 1.29 is 9.53 Å². The van der Waals surface area contributed by atoms with E-state index in [4.69, 9.17) is 4.74 Å². The molecule has 0 saturated heterocycles. The van der Waals surface area contributed by atoms with E-state index in [2.05, 4.69) is 15.6 Å². The van der Waals surface area contributed by atoms with Crippen LogP contribution >= 0.6 is 11.3 Å². The van der Waals surface area contributed by atoms with Crippen LogP contribution in [0.1, 0.15) is 20.9 Å². The van der Waals surface area contributed by atoms with E-state index in [-0.39, 0.29) is 5.91 Å². The fourth-order valence-corrected chi connectivity index (χ4v) is 2.85. The van der Waals surface area contributed by atoms with Gasteiger partial charge < -0.3 is 10.1 Å². The Kier molecular flexibility index (Phi) is 3.31. The van der Waals surface area contributed by atoms with Crippen LogP contribution in [0.3, 0.4) is 0 Å². The van der Waals surface area contributed by atoms with Crippen LogP contribution in [0.15, 0.2) is 18.2 Å². The standard InChI is InChI=1S/C14H15N3O2S/c1-8-9(2)20-14(16-8)17-13(18)10-4-3-5-11-12(10)19-7-6-15-11/h3-5,15H,6-7H2,1-2H3,(H,16,17,18). The minimum atomic E-state index is -0.195. The third-order valence-electron chi connectivity index (χ3n) is 3.17. The molecule has 0 aliphatic carbocycles. The predicted molar refractivity (Wildman–Crippen MR) is 80.0 cm³/mol. The number of benzene rings is 1. The molecule has 2 N–H and O–H groups in total. The van der Waals surface area contributed by atoms with Crippen molar-refractivity contribution in [2.24, 2.45) is 0 Å². The van der Waals surface area contributed by atoms with Crippen molar-refractivity contribution in [3.8, 4) is 5.75 Å². The summed E-state index contributed by atoms with van der Waals surface area (Å²) in [6.45, 7) is 5.23. The number of thiazole rings is 1. The van der Waals surface area contributed by atoms with E-state index in [9.17, 15) is 4.79 Å². The third-order valence-corrected chi connectivity index (χ3v) is 4.16. The molecule has 3 rings (SSSR count). The van der Waals surface area contributed by atoms with Gasteiger partial charge in [-0.15, -0.1) is 11.3 Å². The monoisotopic (exact) mass is 289 g/mol. The molecule has 0 spiro atoms. The van der Waals surface area contributed by atoms with Gasteiger partial charge in [0.15, 0.2) is 10.9 Å². The first-order valence-electron chi connectivity index (χ1n) is 6.40.